The van der Waals surface area contributed by atoms with Crippen LogP contribution < -0.4 is 5.56 Å². The monoisotopic (exact) mass is 409 g/mol. The lowest BCUT2D eigenvalue weighted by molar-refractivity contribution is -0.137. The molecule has 2 aromatic carbocycles. The van der Waals surface area contributed by atoms with Crippen molar-refractivity contribution >= 4 is 0 Å². The summed E-state index contributed by atoms with van der Waals surface area (Å²) < 4.78 is 38.3. The van der Waals surface area contributed by atoms with Crippen LogP contribution in [-0.4, -0.2) is 21.4 Å². The number of H-pyrrole nitrogens is 1. The van der Waals surface area contributed by atoms with Crippen molar-refractivity contribution in [3.63, 3.8) is 0 Å². The fraction of sp³-hybridized carbons (Fsp3) is 0.217. The Morgan fingerprint density at radius 1 is 1.13 bits per heavy atom. The molecular weight excluding hydrogens is 391 g/mol. The van der Waals surface area contributed by atoms with Crippen molar-refractivity contribution < 1.29 is 13.2 Å². The smallest absolute Gasteiger partial charge is 0.306 e. The molecule has 152 valence electrons. The first-order valence-corrected chi connectivity index (χ1v) is 9.42. The molecule has 1 aliphatic heterocycles. The first-order chi connectivity index (χ1) is 14.3. The molecule has 0 saturated heterocycles. The first-order valence-electron chi connectivity index (χ1n) is 9.42. The molecular formula is C23H18F3N3O. The number of alkyl halides is 3. The molecule has 1 aromatic heterocycles. The number of terminal acetylenes is 1. The highest BCUT2D eigenvalue weighted by Gasteiger charge is 2.30. The third-order valence-corrected chi connectivity index (χ3v) is 5.20. The van der Waals surface area contributed by atoms with Gasteiger partial charge in [0.25, 0.3) is 5.56 Å². The third kappa shape index (κ3) is 4.00. The Kier molecular flexibility index (Phi) is 5.18. The van der Waals surface area contributed by atoms with Crippen molar-refractivity contribution in [1.29, 1.82) is 0 Å². The lowest BCUT2D eigenvalue weighted by Crippen LogP contribution is -2.35. The molecule has 0 spiro atoms. The van der Waals surface area contributed by atoms with Crippen molar-refractivity contribution in [1.82, 2.24) is 14.9 Å². The molecule has 0 aliphatic carbocycles. The standard InChI is InChI=1S/C23H18F3N3O/c1-2-15-5-3-4-6-17(15)13-29-12-11-20-19(14-29)22(30)28-21(27-20)16-7-9-18(10-8-16)23(24,25)26/h1,3-10H,11-14H2,(H,27,28,30). The molecule has 1 aliphatic rings. The second-order valence-corrected chi connectivity index (χ2v) is 7.18. The number of fused-ring (bicyclic) bond motifs is 1. The van der Waals surface area contributed by atoms with Gasteiger partial charge in [0.05, 0.1) is 16.8 Å². The summed E-state index contributed by atoms with van der Waals surface area (Å²) in [5, 5.41) is 0. The Hall–Kier alpha value is -3.37. The number of hydrogen-bond acceptors (Lipinski definition) is 3. The molecule has 0 atom stereocenters. The predicted octanol–water partition coefficient (Wildman–Crippen LogP) is 4.00. The number of rotatable bonds is 3. The number of hydrogen-bond donors (Lipinski definition) is 1. The molecule has 0 fully saturated rings. The molecule has 4 rings (SSSR count). The van der Waals surface area contributed by atoms with E-state index in [-0.39, 0.29) is 11.4 Å². The molecule has 1 N–H and O–H groups in total. The van der Waals surface area contributed by atoms with Gasteiger partial charge in [0, 0.05) is 37.2 Å². The Balaban J connectivity index is 1.57. The number of halogens is 3. The zero-order valence-corrected chi connectivity index (χ0v) is 16.0. The van der Waals surface area contributed by atoms with E-state index in [1.54, 1.807) is 0 Å². The molecule has 0 amide bonds. The van der Waals surface area contributed by atoms with Gasteiger partial charge in [-0.3, -0.25) is 9.69 Å². The van der Waals surface area contributed by atoms with Crippen LogP contribution in [-0.2, 0) is 25.7 Å². The zero-order chi connectivity index (χ0) is 21.3. The van der Waals surface area contributed by atoms with Crippen LogP contribution in [0.3, 0.4) is 0 Å². The maximum Gasteiger partial charge on any atom is 0.416 e. The van der Waals surface area contributed by atoms with Crippen molar-refractivity contribution in [3.8, 4) is 23.7 Å². The Bertz CT molecular complexity index is 1170. The normalized spacial score (nSPS) is 14.2. The number of aromatic nitrogens is 2. The van der Waals surface area contributed by atoms with E-state index in [2.05, 4.69) is 20.8 Å². The van der Waals surface area contributed by atoms with E-state index >= 15 is 0 Å². The first kappa shape index (κ1) is 19.9. The van der Waals surface area contributed by atoms with E-state index in [9.17, 15) is 18.0 Å². The minimum Gasteiger partial charge on any atom is -0.306 e. The van der Waals surface area contributed by atoms with Crippen LogP contribution in [0.1, 0.15) is 27.9 Å². The summed E-state index contributed by atoms with van der Waals surface area (Å²) in [7, 11) is 0. The van der Waals surface area contributed by atoms with Crippen LogP contribution in [0.25, 0.3) is 11.4 Å². The number of aromatic amines is 1. The van der Waals surface area contributed by atoms with Gasteiger partial charge < -0.3 is 4.98 Å². The van der Waals surface area contributed by atoms with E-state index < -0.39 is 11.7 Å². The van der Waals surface area contributed by atoms with Gasteiger partial charge in [-0.2, -0.15) is 13.2 Å². The summed E-state index contributed by atoms with van der Waals surface area (Å²) in [5.41, 5.74) is 2.53. The number of nitrogens with one attached hydrogen (secondary N) is 1. The average molecular weight is 409 g/mol. The maximum absolute atomic E-state index is 12.8. The fourth-order valence-corrected chi connectivity index (χ4v) is 3.61. The van der Waals surface area contributed by atoms with Gasteiger partial charge in [-0.25, -0.2) is 4.98 Å². The SMILES string of the molecule is C#Cc1ccccc1CN1CCc2nc(-c3ccc(C(F)(F)F)cc3)[nH]c(=O)c2C1. The topological polar surface area (TPSA) is 49.0 Å². The summed E-state index contributed by atoms with van der Waals surface area (Å²) in [5.74, 6) is 2.95. The molecule has 4 nitrogen and oxygen atoms in total. The minimum absolute atomic E-state index is 0.273. The van der Waals surface area contributed by atoms with E-state index in [1.807, 2.05) is 24.3 Å². The highest BCUT2D eigenvalue weighted by atomic mass is 19.4. The molecule has 0 radical (unpaired) electrons. The zero-order valence-electron chi connectivity index (χ0n) is 16.0. The number of benzene rings is 2. The van der Waals surface area contributed by atoms with E-state index in [4.69, 9.17) is 6.42 Å². The summed E-state index contributed by atoms with van der Waals surface area (Å²) >= 11 is 0. The van der Waals surface area contributed by atoms with Crippen LogP contribution in [0.2, 0.25) is 0 Å². The summed E-state index contributed by atoms with van der Waals surface area (Å²) in [6, 6.07) is 12.3. The van der Waals surface area contributed by atoms with Gasteiger partial charge in [-0.05, 0) is 23.8 Å². The van der Waals surface area contributed by atoms with Gasteiger partial charge in [0.2, 0.25) is 0 Å². The molecule has 0 bridgehead atoms. The molecule has 30 heavy (non-hydrogen) atoms. The minimum atomic E-state index is -4.41. The van der Waals surface area contributed by atoms with Gasteiger partial charge >= 0.3 is 6.18 Å². The quantitative estimate of drug-likeness (QED) is 0.666. The van der Waals surface area contributed by atoms with Crippen molar-refractivity contribution in [2.24, 2.45) is 0 Å². The van der Waals surface area contributed by atoms with Crippen LogP contribution in [0.4, 0.5) is 13.2 Å². The summed E-state index contributed by atoms with van der Waals surface area (Å²) in [6.45, 7) is 1.76. The van der Waals surface area contributed by atoms with Crippen LogP contribution in [0, 0.1) is 12.3 Å². The predicted molar refractivity (Wildman–Crippen MR) is 107 cm³/mol. The maximum atomic E-state index is 12.8. The highest BCUT2D eigenvalue weighted by molar-refractivity contribution is 5.56. The van der Waals surface area contributed by atoms with Crippen LogP contribution in [0.15, 0.2) is 53.3 Å². The van der Waals surface area contributed by atoms with Crippen molar-refractivity contribution in [2.75, 3.05) is 6.54 Å². The Morgan fingerprint density at radius 2 is 1.87 bits per heavy atom. The summed E-state index contributed by atoms with van der Waals surface area (Å²) in [4.78, 5) is 22.0. The van der Waals surface area contributed by atoms with Gasteiger partial charge in [0.1, 0.15) is 5.82 Å². The van der Waals surface area contributed by atoms with Crippen molar-refractivity contribution in [2.45, 2.75) is 25.7 Å². The fourth-order valence-electron chi connectivity index (χ4n) is 3.61. The third-order valence-electron chi connectivity index (χ3n) is 5.20. The second-order valence-electron chi connectivity index (χ2n) is 7.18. The average Bonchev–Trinajstić information content (AvgIpc) is 2.74. The van der Waals surface area contributed by atoms with Crippen LogP contribution >= 0.6 is 0 Å². The van der Waals surface area contributed by atoms with Gasteiger partial charge in [-0.1, -0.05) is 36.3 Å². The van der Waals surface area contributed by atoms with E-state index in [0.717, 1.165) is 23.3 Å². The Labute approximate surface area is 171 Å². The highest BCUT2D eigenvalue weighted by Crippen LogP contribution is 2.30. The number of nitrogens with zero attached hydrogens (tertiary/aromatic N) is 2. The summed E-state index contributed by atoms with van der Waals surface area (Å²) in [6.07, 6.45) is 1.73. The van der Waals surface area contributed by atoms with Gasteiger partial charge in [-0.15, -0.1) is 6.42 Å². The molecule has 2 heterocycles. The molecule has 3 aromatic rings. The van der Waals surface area contributed by atoms with E-state index in [0.29, 0.717) is 42.9 Å². The molecule has 0 unspecified atom stereocenters. The van der Waals surface area contributed by atoms with Crippen LogP contribution in [0.5, 0.6) is 0 Å². The molecule has 0 saturated carbocycles. The molecule has 7 heteroatoms. The lowest BCUT2D eigenvalue weighted by atomic mass is 10.0. The van der Waals surface area contributed by atoms with Crippen molar-refractivity contribution in [3.05, 3.63) is 86.8 Å². The second kappa shape index (κ2) is 7.81. The van der Waals surface area contributed by atoms with Gasteiger partial charge in [0.15, 0.2) is 0 Å². The Morgan fingerprint density at radius 3 is 2.57 bits per heavy atom. The van der Waals surface area contributed by atoms with E-state index in [1.165, 1.54) is 12.1 Å². The largest absolute Gasteiger partial charge is 0.416 e. The lowest BCUT2D eigenvalue weighted by Gasteiger charge is -2.28.